The van der Waals surface area contributed by atoms with E-state index >= 15 is 0 Å². The molecule has 0 radical (unpaired) electrons. The van der Waals surface area contributed by atoms with E-state index in [9.17, 15) is 8.78 Å². The van der Waals surface area contributed by atoms with E-state index < -0.39 is 5.92 Å². The molecule has 0 aliphatic carbocycles. The summed E-state index contributed by atoms with van der Waals surface area (Å²) in [5.41, 5.74) is -0.304. The summed E-state index contributed by atoms with van der Waals surface area (Å²) in [6.07, 6.45) is 0. The van der Waals surface area contributed by atoms with Gasteiger partial charge < -0.3 is 5.32 Å². The highest BCUT2D eigenvalue weighted by Gasteiger charge is 2.48. The Hall–Kier alpha value is -0.220. The molecule has 2 nitrogen and oxygen atoms in total. The molecule has 0 aromatic heterocycles. The van der Waals surface area contributed by atoms with Crippen LogP contribution in [0.4, 0.5) is 8.78 Å². The predicted octanol–water partition coefficient (Wildman–Crippen LogP) is 0.893. The lowest BCUT2D eigenvalue weighted by molar-refractivity contribution is -0.168. The summed E-state index contributed by atoms with van der Waals surface area (Å²) < 4.78 is 24.8. The molecule has 0 amide bonds. The Bertz CT molecular complexity index is 149. The summed E-state index contributed by atoms with van der Waals surface area (Å²) >= 11 is 0. The van der Waals surface area contributed by atoms with Crippen LogP contribution >= 0.6 is 0 Å². The van der Waals surface area contributed by atoms with Gasteiger partial charge in [0.2, 0.25) is 0 Å². The Balaban J connectivity index is 2.43. The third-order valence-electron chi connectivity index (χ3n) is 2.25. The van der Waals surface area contributed by atoms with Crippen molar-refractivity contribution < 1.29 is 8.78 Å². The zero-order chi connectivity index (χ0) is 8.70. The summed E-state index contributed by atoms with van der Waals surface area (Å²) in [6, 6.07) is 0. The van der Waals surface area contributed by atoms with E-state index in [2.05, 4.69) is 5.32 Å². The molecule has 4 heteroatoms. The van der Waals surface area contributed by atoms with Crippen LogP contribution in [-0.2, 0) is 0 Å². The summed E-state index contributed by atoms with van der Waals surface area (Å²) in [6.45, 7) is 3.53. The molecule has 1 rings (SSSR count). The molecule has 1 aliphatic rings. The van der Waals surface area contributed by atoms with Gasteiger partial charge in [-0.15, -0.1) is 0 Å². The molecule has 1 aliphatic heterocycles. The van der Waals surface area contributed by atoms with Crippen molar-refractivity contribution in [3.8, 4) is 0 Å². The van der Waals surface area contributed by atoms with Crippen molar-refractivity contribution in [1.29, 1.82) is 0 Å². The number of nitrogens with zero attached hydrogens (tertiary/aromatic N) is 1. The van der Waals surface area contributed by atoms with Crippen LogP contribution in [0.1, 0.15) is 13.8 Å². The molecule has 11 heavy (non-hydrogen) atoms. The fourth-order valence-corrected chi connectivity index (χ4v) is 1.07. The fourth-order valence-electron chi connectivity index (χ4n) is 1.07. The Morgan fingerprint density at radius 2 is 1.82 bits per heavy atom. The first kappa shape index (κ1) is 8.87. The van der Waals surface area contributed by atoms with Gasteiger partial charge in [-0.25, -0.2) is 8.78 Å². The van der Waals surface area contributed by atoms with Gasteiger partial charge in [0.25, 0.3) is 5.92 Å². The normalized spacial score (nSPS) is 24.8. The lowest BCUT2D eigenvalue weighted by Crippen LogP contribution is -2.67. The van der Waals surface area contributed by atoms with Crippen molar-refractivity contribution in [1.82, 2.24) is 10.2 Å². The van der Waals surface area contributed by atoms with Crippen LogP contribution in [0.3, 0.4) is 0 Å². The first-order valence-electron chi connectivity index (χ1n) is 3.69. The number of alkyl halides is 2. The molecule has 1 N–H and O–H groups in total. The summed E-state index contributed by atoms with van der Waals surface area (Å²) in [5, 5.41) is 2.97. The molecule has 0 unspecified atom stereocenters. The van der Waals surface area contributed by atoms with E-state index in [1.807, 2.05) is 13.8 Å². The van der Waals surface area contributed by atoms with Gasteiger partial charge in [-0.1, -0.05) is 0 Å². The smallest absolute Gasteiger partial charge is 0.273 e. The number of hydrogen-bond donors (Lipinski definition) is 1. The highest BCUT2D eigenvalue weighted by atomic mass is 19.3. The quantitative estimate of drug-likeness (QED) is 0.652. The Kier molecular flexibility index (Phi) is 1.92. The minimum atomic E-state index is -2.46. The number of likely N-dealkylation sites (tertiary alicyclic amines) is 1. The monoisotopic (exact) mass is 164 g/mol. The molecule has 1 saturated heterocycles. The van der Waals surface area contributed by atoms with Crippen molar-refractivity contribution in [2.24, 2.45) is 0 Å². The maximum Gasteiger partial charge on any atom is 0.273 e. The van der Waals surface area contributed by atoms with Crippen molar-refractivity contribution in [3.63, 3.8) is 0 Å². The van der Waals surface area contributed by atoms with Gasteiger partial charge in [0.1, 0.15) is 0 Å². The van der Waals surface area contributed by atoms with Gasteiger partial charge in [0.15, 0.2) is 0 Å². The lowest BCUT2D eigenvalue weighted by Gasteiger charge is -2.48. The minimum Gasteiger partial charge on any atom is -0.303 e. The van der Waals surface area contributed by atoms with Gasteiger partial charge in [-0.2, -0.15) is 0 Å². The first-order chi connectivity index (χ1) is 4.87. The SMILES string of the molecule is CNC(C)(C)N1CC(F)(F)C1. The zero-order valence-electron chi connectivity index (χ0n) is 7.12. The molecule has 0 atom stereocenters. The maximum atomic E-state index is 12.4. The van der Waals surface area contributed by atoms with Gasteiger partial charge in [-0.3, -0.25) is 4.90 Å². The van der Waals surface area contributed by atoms with E-state index in [-0.39, 0.29) is 18.8 Å². The van der Waals surface area contributed by atoms with Crippen LogP contribution in [0.5, 0.6) is 0 Å². The van der Waals surface area contributed by atoms with Gasteiger partial charge in [0.05, 0.1) is 18.8 Å². The number of halogens is 2. The van der Waals surface area contributed by atoms with E-state index in [1.165, 1.54) is 0 Å². The van der Waals surface area contributed by atoms with E-state index in [0.717, 1.165) is 0 Å². The van der Waals surface area contributed by atoms with Crippen molar-refractivity contribution in [3.05, 3.63) is 0 Å². The molecule has 1 fully saturated rings. The molecule has 0 aromatic carbocycles. The Morgan fingerprint density at radius 1 is 1.36 bits per heavy atom. The number of hydrogen-bond acceptors (Lipinski definition) is 2. The molecule has 0 aromatic rings. The maximum absolute atomic E-state index is 12.4. The van der Waals surface area contributed by atoms with Crippen molar-refractivity contribution in [2.75, 3.05) is 20.1 Å². The second kappa shape index (κ2) is 2.38. The molecular formula is C7H14F2N2. The lowest BCUT2D eigenvalue weighted by atomic mass is 10.0. The summed E-state index contributed by atoms with van der Waals surface area (Å²) in [4.78, 5) is 1.72. The average molecular weight is 164 g/mol. The number of nitrogens with one attached hydrogen (secondary N) is 1. The Morgan fingerprint density at radius 3 is 2.09 bits per heavy atom. The van der Waals surface area contributed by atoms with Crippen LogP contribution < -0.4 is 5.32 Å². The molecule has 0 bridgehead atoms. The van der Waals surface area contributed by atoms with Gasteiger partial charge in [-0.05, 0) is 20.9 Å². The van der Waals surface area contributed by atoms with Gasteiger partial charge in [0, 0.05) is 0 Å². The average Bonchev–Trinajstić information content (AvgIpc) is 1.83. The van der Waals surface area contributed by atoms with Crippen LogP contribution in [0.2, 0.25) is 0 Å². The second-order valence-electron chi connectivity index (χ2n) is 3.52. The van der Waals surface area contributed by atoms with Crippen LogP contribution in [-0.4, -0.2) is 36.6 Å². The summed E-state index contributed by atoms with van der Waals surface area (Å²) in [5.74, 6) is -2.46. The summed E-state index contributed by atoms with van der Waals surface area (Å²) in [7, 11) is 1.77. The zero-order valence-corrected chi connectivity index (χ0v) is 7.12. The van der Waals surface area contributed by atoms with Crippen LogP contribution in [0, 0.1) is 0 Å². The first-order valence-corrected chi connectivity index (χ1v) is 3.69. The number of rotatable bonds is 2. The fraction of sp³-hybridized carbons (Fsp3) is 1.00. The van der Waals surface area contributed by atoms with Crippen LogP contribution in [0.15, 0.2) is 0 Å². The molecule has 0 saturated carbocycles. The third kappa shape index (κ3) is 1.68. The molecule has 66 valence electrons. The van der Waals surface area contributed by atoms with E-state index in [4.69, 9.17) is 0 Å². The van der Waals surface area contributed by atoms with Crippen molar-refractivity contribution in [2.45, 2.75) is 25.4 Å². The molecule has 1 heterocycles. The molecular weight excluding hydrogens is 150 g/mol. The standard InChI is InChI=1S/C7H14F2N2/c1-6(2,10-3)11-4-7(8,9)5-11/h10H,4-5H2,1-3H3. The minimum absolute atomic E-state index is 0.124. The van der Waals surface area contributed by atoms with Crippen LogP contribution in [0.25, 0.3) is 0 Å². The highest BCUT2D eigenvalue weighted by Crippen LogP contribution is 2.31. The largest absolute Gasteiger partial charge is 0.303 e. The third-order valence-corrected chi connectivity index (χ3v) is 2.25. The predicted molar refractivity (Wildman–Crippen MR) is 39.7 cm³/mol. The van der Waals surface area contributed by atoms with E-state index in [1.54, 1.807) is 11.9 Å². The topological polar surface area (TPSA) is 15.3 Å². The Labute approximate surface area is 65.6 Å². The highest BCUT2D eigenvalue weighted by molar-refractivity contribution is 4.94. The van der Waals surface area contributed by atoms with E-state index in [0.29, 0.717) is 0 Å². The second-order valence-corrected chi connectivity index (χ2v) is 3.52. The molecule has 0 spiro atoms. The van der Waals surface area contributed by atoms with Gasteiger partial charge >= 0.3 is 0 Å². The van der Waals surface area contributed by atoms with Crippen molar-refractivity contribution >= 4 is 0 Å².